The first kappa shape index (κ1) is 16.9. The topological polar surface area (TPSA) is 96.8 Å². The molecule has 0 amide bonds. The fraction of sp³-hybridized carbons (Fsp3) is 0.438. The molecular formula is C16H20N6O3. The van der Waals surface area contributed by atoms with Crippen LogP contribution in [0.5, 0.6) is 0 Å². The van der Waals surface area contributed by atoms with Crippen molar-refractivity contribution in [3.05, 3.63) is 33.6 Å². The summed E-state index contributed by atoms with van der Waals surface area (Å²) in [5.74, 6) is -0.188. The molecule has 3 aromatic rings. The number of ether oxygens (including phenoxy) is 1. The van der Waals surface area contributed by atoms with Gasteiger partial charge in [-0.05, 0) is 27.7 Å². The Morgan fingerprint density at radius 1 is 1.20 bits per heavy atom. The highest BCUT2D eigenvalue weighted by molar-refractivity contribution is 5.94. The van der Waals surface area contributed by atoms with Gasteiger partial charge in [0.05, 0.1) is 18.0 Å². The van der Waals surface area contributed by atoms with E-state index in [4.69, 9.17) is 4.74 Å². The fourth-order valence-corrected chi connectivity index (χ4v) is 2.96. The SMILES string of the molecule is CCOC(=O)c1c(C)nn(C)c1-n1cnc2c(C)nn(CC)c2c1=O. The van der Waals surface area contributed by atoms with Crippen LogP contribution in [0.1, 0.15) is 35.6 Å². The molecule has 0 radical (unpaired) electrons. The Bertz CT molecular complexity index is 1030. The van der Waals surface area contributed by atoms with Gasteiger partial charge >= 0.3 is 5.97 Å². The van der Waals surface area contributed by atoms with Crippen molar-refractivity contribution in [1.82, 2.24) is 29.1 Å². The summed E-state index contributed by atoms with van der Waals surface area (Å²) in [7, 11) is 1.67. The number of nitrogens with zero attached hydrogens (tertiary/aromatic N) is 6. The molecule has 0 aliphatic carbocycles. The monoisotopic (exact) mass is 344 g/mol. The maximum Gasteiger partial charge on any atom is 0.343 e. The second kappa shape index (κ2) is 6.15. The molecule has 0 atom stereocenters. The average molecular weight is 344 g/mol. The minimum absolute atomic E-state index is 0.237. The van der Waals surface area contributed by atoms with E-state index in [1.165, 1.54) is 15.6 Å². The Hall–Kier alpha value is -2.97. The molecule has 0 spiro atoms. The zero-order valence-electron chi connectivity index (χ0n) is 14.9. The van der Waals surface area contributed by atoms with Crippen LogP contribution >= 0.6 is 0 Å². The Kier molecular flexibility index (Phi) is 4.15. The second-order valence-electron chi connectivity index (χ2n) is 5.65. The number of hydrogen-bond acceptors (Lipinski definition) is 6. The van der Waals surface area contributed by atoms with Crippen molar-refractivity contribution in [2.75, 3.05) is 6.61 Å². The van der Waals surface area contributed by atoms with Crippen molar-refractivity contribution < 1.29 is 9.53 Å². The molecule has 25 heavy (non-hydrogen) atoms. The zero-order chi connectivity index (χ0) is 18.3. The lowest BCUT2D eigenvalue weighted by Crippen LogP contribution is -2.25. The molecule has 0 aromatic carbocycles. The first-order chi connectivity index (χ1) is 11.9. The van der Waals surface area contributed by atoms with E-state index in [0.29, 0.717) is 34.8 Å². The summed E-state index contributed by atoms with van der Waals surface area (Å²) in [5.41, 5.74) is 2.08. The number of aryl methyl sites for hydroxylation is 4. The summed E-state index contributed by atoms with van der Waals surface area (Å²) in [5, 5.41) is 8.61. The predicted molar refractivity (Wildman–Crippen MR) is 91.0 cm³/mol. The maximum absolute atomic E-state index is 13.1. The van der Waals surface area contributed by atoms with Crippen LogP contribution in [-0.2, 0) is 18.3 Å². The largest absolute Gasteiger partial charge is 0.462 e. The van der Waals surface area contributed by atoms with Crippen molar-refractivity contribution in [2.24, 2.45) is 7.05 Å². The van der Waals surface area contributed by atoms with Gasteiger partial charge in [-0.2, -0.15) is 10.2 Å². The predicted octanol–water partition coefficient (Wildman–Crippen LogP) is 1.13. The molecule has 0 N–H and O–H groups in total. The van der Waals surface area contributed by atoms with Crippen molar-refractivity contribution >= 4 is 17.0 Å². The fourth-order valence-electron chi connectivity index (χ4n) is 2.96. The normalized spacial score (nSPS) is 11.2. The molecule has 3 heterocycles. The van der Waals surface area contributed by atoms with Gasteiger partial charge in [-0.3, -0.25) is 14.2 Å². The molecule has 3 rings (SSSR count). The summed E-state index contributed by atoms with van der Waals surface area (Å²) >= 11 is 0. The van der Waals surface area contributed by atoms with Gasteiger partial charge in [0, 0.05) is 13.6 Å². The molecule has 132 valence electrons. The van der Waals surface area contributed by atoms with Crippen LogP contribution in [0, 0.1) is 13.8 Å². The Balaban J connectivity index is 2.33. The number of hydrogen-bond donors (Lipinski definition) is 0. The lowest BCUT2D eigenvalue weighted by Gasteiger charge is -2.09. The number of esters is 1. The maximum atomic E-state index is 13.1. The van der Waals surface area contributed by atoms with Crippen LogP contribution in [0.4, 0.5) is 0 Å². The minimum Gasteiger partial charge on any atom is -0.462 e. The van der Waals surface area contributed by atoms with E-state index in [1.54, 1.807) is 25.6 Å². The van der Waals surface area contributed by atoms with E-state index in [9.17, 15) is 9.59 Å². The van der Waals surface area contributed by atoms with E-state index in [-0.39, 0.29) is 17.7 Å². The molecule has 0 saturated carbocycles. The van der Waals surface area contributed by atoms with Crippen LogP contribution in [0.3, 0.4) is 0 Å². The zero-order valence-corrected chi connectivity index (χ0v) is 14.9. The molecular weight excluding hydrogens is 324 g/mol. The van der Waals surface area contributed by atoms with Gasteiger partial charge in [-0.25, -0.2) is 14.3 Å². The number of carbonyl (C=O) groups is 1. The average Bonchev–Trinajstić information content (AvgIpc) is 3.05. The summed E-state index contributed by atoms with van der Waals surface area (Å²) in [4.78, 5) is 29.8. The van der Waals surface area contributed by atoms with Gasteiger partial charge in [-0.15, -0.1) is 0 Å². The van der Waals surface area contributed by atoms with E-state index in [1.807, 2.05) is 13.8 Å². The Morgan fingerprint density at radius 2 is 1.92 bits per heavy atom. The summed E-state index contributed by atoms with van der Waals surface area (Å²) in [6.07, 6.45) is 1.40. The first-order valence-electron chi connectivity index (χ1n) is 8.06. The molecule has 3 aromatic heterocycles. The molecule has 0 aliphatic heterocycles. The van der Waals surface area contributed by atoms with Crippen LogP contribution in [0.15, 0.2) is 11.1 Å². The van der Waals surface area contributed by atoms with Crippen molar-refractivity contribution in [3.8, 4) is 5.82 Å². The molecule has 9 nitrogen and oxygen atoms in total. The van der Waals surface area contributed by atoms with Crippen molar-refractivity contribution in [3.63, 3.8) is 0 Å². The standard InChI is InChI=1S/C16H20N6O3/c1-6-22-13-12(10(4)19-22)17-8-21(15(13)23)14-11(16(24)25-7-2)9(3)18-20(14)5/h8H,6-7H2,1-5H3. The van der Waals surface area contributed by atoms with Crippen LogP contribution in [0.25, 0.3) is 16.9 Å². The lowest BCUT2D eigenvalue weighted by molar-refractivity contribution is 0.0525. The van der Waals surface area contributed by atoms with Gasteiger partial charge in [0.1, 0.15) is 17.4 Å². The number of rotatable bonds is 4. The Morgan fingerprint density at radius 3 is 2.56 bits per heavy atom. The van der Waals surface area contributed by atoms with Crippen LogP contribution in [-0.4, -0.2) is 41.7 Å². The van der Waals surface area contributed by atoms with Gasteiger partial charge in [0.15, 0.2) is 11.3 Å². The second-order valence-corrected chi connectivity index (χ2v) is 5.65. The van der Waals surface area contributed by atoms with E-state index < -0.39 is 5.97 Å². The minimum atomic E-state index is -0.518. The summed E-state index contributed by atoms with van der Waals surface area (Å²) < 4.78 is 9.53. The highest BCUT2D eigenvalue weighted by Gasteiger charge is 2.25. The number of fused-ring (bicyclic) bond motifs is 1. The Labute approximate surface area is 143 Å². The highest BCUT2D eigenvalue weighted by Crippen LogP contribution is 2.19. The van der Waals surface area contributed by atoms with E-state index in [0.717, 1.165) is 0 Å². The highest BCUT2D eigenvalue weighted by atomic mass is 16.5. The summed E-state index contributed by atoms with van der Waals surface area (Å²) in [6.45, 7) is 7.92. The number of aromatic nitrogens is 6. The lowest BCUT2D eigenvalue weighted by atomic mass is 10.2. The van der Waals surface area contributed by atoms with Crippen molar-refractivity contribution in [2.45, 2.75) is 34.2 Å². The molecule has 0 saturated heterocycles. The first-order valence-corrected chi connectivity index (χ1v) is 8.06. The van der Waals surface area contributed by atoms with Crippen LogP contribution in [0.2, 0.25) is 0 Å². The molecule has 0 aliphatic rings. The van der Waals surface area contributed by atoms with Gasteiger partial charge in [-0.1, -0.05) is 0 Å². The smallest absolute Gasteiger partial charge is 0.343 e. The van der Waals surface area contributed by atoms with Crippen molar-refractivity contribution in [1.29, 1.82) is 0 Å². The molecule has 0 unspecified atom stereocenters. The van der Waals surface area contributed by atoms with E-state index in [2.05, 4.69) is 15.2 Å². The van der Waals surface area contributed by atoms with Crippen LogP contribution < -0.4 is 5.56 Å². The number of carbonyl (C=O) groups excluding carboxylic acids is 1. The van der Waals surface area contributed by atoms with E-state index >= 15 is 0 Å². The molecule has 0 fully saturated rings. The molecule has 9 heteroatoms. The third-order valence-electron chi connectivity index (χ3n) is 4.02. The quantitative estimate of drug-likeness (QED) is 0.658. The third-order valence-corrected chi connectivity index (χ3v) is 4.02. The third kappa shape index (κ3) is 2.51. The van der Waals surface area contributed by atoms with Gasteiger partial charge in [0.2, 0.25) is 0 Å². The van der Waals surface area contributed by atoms with Gasteiger partial charge < -0.3 is 4.74 Å². The van der Waals surface area contributed by atoms with Gasteiger partial charge in [0.25, 0.3) is 5.56 Å². The summed E-state index contributed by atoms with van der Waals surface area (Å²) in [6, 6.07) is 0. The molecule has 0 bridgehead atoms.